The van der Waals surface area contributed by atoms with Gasteiger partial charge in [0, 0.05) is 16.0 Å². The van der Waals surface area contributed by atoms with Crippen molar-refractivity contribution in [3.63, 3.8) is 0 Å². The second kappa shape index (κ2) is 5.37. The van der Waals surface area contributed by atoms with Crippen LogP contribution in [-0.4, -0.2) is 15.2 Å². The fraction of sp³-hybridized carbons (Fsp3) is 0.0833. The van der Waals surface area contributed by atoms with E-state index in [0.717, 1.165) is 22.4 Å². The monoisotopic (exact) mass is 282 g/mol. The third kappa shape index (κ3) is 3.00. The Labute approximate surface area is 113 Å². The molecule has 0 spiro atoms. The minimum atomic E-state index is -1.07. The molecule has 1 aromatic rings. The standard InChI is InChI=1S/C12H8ClNO3S/c13-9-5-8-3-1-2-4-11(8)18-14(17)10(6-9)7-12(15)16/h1-6H,7H2/p+1/b9-5+,10-6-. The summed E-state index contributed by atoms with van der Waals surface area (Å²) in [5, 5.41) is 9.08. The number of benzene rings is 1. The molecule has 6 heteroatoms. The first-order valence-corrected chi connectivity index (χ1v) is 6.25. The number of halogens is 1. The Balaban J connectivity index is 2.45. The topological polar surface area (TPSA) is 57.4 Å². The van der Waals surface area contributed by atoms with Gasteiger partial charge in [0.2, 0.25) is 0 Å². The fourth-order valence-electron chi connectivity index (χ4n) is 1.50. The Bertz CT molecular complexity index is 580. The quantitative estimate of drug-likeness (QED) is 0.667. The molecular formula is C12H9ClNO3S+. The van der Waals surface area contributed by atoms with E-state index in [2.05, 4.69) is 0 Å². The van der Waals surface area contributed by atoms with Crippen LogP contribution in [0.15, 0.2) is 46.0 Å². The summed E-state index contributed by atoms with van der Waals surface area (Å²) in [6.07, 6.45) is 2.73. The molecule has 1 aliphatic rings. The predicted octanol–water partition coefficient (Wildman–Crippen LogP) is 3.42. The molecule has 1 N–H and O–H groups in total. The van der Waals surface area contributed by atoms with Crippen LogP contribution in [0, 0.1) is 4.91 Å². The Hall–Kier alpha value is -1.59. The van der Waals surface area contributed by atoms with Gasteiger partial charge in [0.15, 0.2) is 0 Å². The lowest BCUT2D eigenvalue weighted by Crippen LogP contribution is -2.07. The molecule has 0 saturated heterocycles. The van der Waals surface area contributed by atoms with Crippen LogP contribution in [0.2, 0.25) is 0 Å². The number of aliphatic carboxylic acids is 1. The summed E-state index contributed by atoms with van der Waals surface area (Å²) in [7, 11) is 0. The highest BCUT2D eigenvalue weighted by Gasteiger charge is 2.27. The predicted molar refractivity (Wildman–Crippen MR) is 70.1 cm³/mol. The van der Waals surface area contributed by atoms with Crippen molar-refractivity contribution < 1.29 is 14.1 Å². The molecule has 0 aromatic heterocycles. The van der Waals surface area contributed by atoms with E-state index in [1.807, 2.05) is 18.2 Å². The van der Waals surface area contributed by atoms with Crippen molar-refractivity contribution in [2.24, 2.45) is 0 Å². The summed E-state index contributed by atoms with van der Waals surface area (Å²) >= 11 is 6.92. The second-order valence-corrected chi connectivity index (χ2v) is 5.01. The van der Waals surface area contributed by atoms with Gasteiger partial charge in [-0.1, -0.05) is 29.8 Å². The molecule has 0 unspecified atom stereocenters. The highest BCUT2D eigenvalue weighted by Crippen LogP contribution is 2.31. The van der Waals surface area contributed by atoms with Gasteiger partial charge >= 0.3 is 5.97 Å². The summed E-state index contributed by atoms with van der Waals surface area (Å²) < 4.78 is 0.586. The number of hydrogen-bond donors (Lipinski definition) is 1. The lowest BCUT2D eigenvalue weighted by Gasteiger charge is -2.03. The van der Waals surface area contributed by atoms with Crippen molar-refractivity contribution in [2.75, 3.05) is 0 Å². The summed E-state index contributed by atoms with van der Waals surface area (Å²) in [6.45, 7) is 0. The van der Waals surface area contributed by atoms with Crippen molar-refractivity contribution in [1.29, 1.82) is 0 Å². The average Bonchev–Trinajstić information content (AvgIpc) is 2.28. The SMILES string of the molecule is O=C(O)C/C1=C/C(Cl)=C\c2ccccc2S[N+]1=O. The largest absolute Gasteiger partial charge is 0.481 e. The van der Waals surface area contributed by atoms with Gasteiger partial charge < -0.3 is 5.11 Å². The van der Waals surface area contributed by atoms with Crippen molar-refractivity contribution in [3.8, 4) is 0 Å². The first-order valence-electron chi connectivity index (χ1n) is 5.10. The third-order valence-corrected chi connectivity index (χ3v) is 3.45. The molecule has 1 heterocycles. The first-order chi connectivity index (χ1) is 8.56. The molecule has 4 nitrogen and oxygen atoms in total. The molecule has 2 rings (SSSR count). The zero-order chi connectivity index (χ0) is 13.1. The molecule has 0 radical (unpaired) electrons. The van der Waals surface area contributed by atoms with Crippen LogP contribution < -0.4 is 0 Å². The highest BCUT2D eigenvalue weighted by atomic mass is 35.5. The second-order valence-electron chi connectivity index (χ2n) is 3.62. The molecule has 0 bridgehead atoms. The van der Waals surface area contributed by atoms with E-state index in [1.54, 1.807) is 12.1 Å². The number of hydrogen-bond acceptors (Lipinski definition) is 3. The Morgan fingerprint density at radius 3 is 2.78 bits per heavy atom. The number of carbonyl (C=O) groups is 1. The summed E-state index contributed by atoms with van der Waals surface area (Å²) in [6, 6.07) is 7.28. The van der Waals surface area contributed by atoms with Crippen LogP contribution in [0.3, 0.4) is 0 Å². The zero-order valence-corrected chi connectivity index (χ0v) is 10.7. The zero-order valence-electron chi connectivity index (χ0n) is 9.17. The highest BCUT2D eigenvalue weighted by molar-refractivity contribution is 7.93. The summed E-state index contributed by atoms with van der Waals surface area (Å²) in [4.78, 5) is 23.3. The molecule has 18 heavy (non-hydrogen) atoms. The van der Waals surface area contributed by atoms with E-state index >= 15 is 0 Å². The van der Waals surface area contributed by atoms with Gasteiger partial charge in [-0.2, -0.15) is 0 Å². The Kier molecular flexibility index (Phi) is 3.84. The summed E-state index contributed by atoms with van der Waals surface area (Å²) in [5.74, 6) is -1.07. The number of carboxylic acids is 1. The molecular weight excluding hydrogens is 274 g/mol. The number of allylic oxidation sites excluding steroid dienone is 2. The number of nitroso groups, excluding NO2 is 1. The van der Waals surface area contributed by atoms with Crippen LogP contribution >= 0.6 is 23.5 Å². The van der Waals surface area contributed by atoms with Gasteiger partial charge in [-0.15, -0.1) is 0 Å². The van der Waals surface area contributed by atoms with Gasteiger partial charge in [-0.3, -0.25) is 4.79 Å². The molecule has 0 saturated carbocycles. The molecule has 0 amide bonds. The van der Waals surface area contributed by atoms with Crippen molar-refractivity contribution in [1.82, 2.24) is 0 Å². The normalized spacial score (nSPS) is 20.8. The van der Waals surface area contributed by atoms with Crippen LogP contribution in [0.5, 0.6) is 0 Å². The van der Waals surface area contributed by atoms with Gasteiger partial charge in [0.05, 0.1) is 4.90 Å². The molecule has 0 atom stereocenters. The van der Waals surface area contributed by atoms with E-state index in [1.165, 1.54) is 6.08 Å². The van der Waals surface area contributed by atoms with Crippen LogP contribution in [0.1, 0.15) is 12.0 Å². The number of carboxylic acid groups (broad SMARTS) is 1. The van der Waals surface area contributed by atoms with Gasteiger partial charge in [0.1, 0.15) is 10.6 Å². The minimum Gasteiger partial charge on any atom is -0.481 e. The van der Waals surface area contributed by atoms with E-state index in [0.29, 0.717) is 9.20 Å². The van der Waals surface area contributed by atoms with Crippen molar-refractivity contribution in [3.05, 3.63) is 51.5 Å². The molecule has 92 valence electrons. The average molecular weight is 283 g/mol. The van der Waals surface area contributed by atoms with E-state index in [9.17, 15) is 9.70 Å². The third-order valence-electron chi connectivity index (χ3n) is 2.27. The van der Waals surface area contributed by atoms with Crippen molar-refractivity contribution in [2.45, 2.75) is 11.3 Å². The Morgan fingerprint density at radius 1 is 1.33 bits per heavy atom. The number of rotatable bonds is 2. The van der Waals surface area contributed by atoms with E-state index < -0.39 is 5.97 Å². The van der Waals surface area contributed by atoms with Crippen molar-refractivity contribution >= 4 is 35.6 Å². The molecule has 0 fully saturated rings. The maximum Gasteiger partial charge on any atom is 0.314 e. The summed E-state index contributed by atoms with van der Waals surface area (Å²) in [5.41, 5.74) is 0.947. The number of nitrogens with zero attached hydrogens (tertiary/aromatic N) is 1. The van der Waals surface area contributed by atoms with Crippen LogP contribution in [-0.2, 0) is 4.79 Å². The van der Waals surface area contributed by atoms with Gasteiger partial charge in [-0.25, -0.2) is 0 Å². The molecule has 1 aromatic carbocycles. The van der Waals surface area contributed by atoms with Gasteiger partial charge in [0.25, 0.3) is 17.6 Å². The lowest BCUT2D eigenvalue weighted by atomic mass is 10.2. The maximum absolute atomic E-state index is 11.9. The van der Waals surface area contributed by atoms with Gasteiger partial charge in [-0.05, 0) is 17.7 Å². The minimum absolute atomic E-state index is 0.114. The van der Waals surface area contributed by atoms with E-state index in [-0.39, 0.29) is 12.1 Å². The maximum atomic E-state index is 11.9. The van der Waals surface area contributed by atoms with E-state index in [4.69, 9.17) is 16.7 Å². The Morgan fingerprint density at radius 2 is 2.06 bits per heavy atom. The molecule has 0 aliphatic carbocycles. The fourth-order valence-corrected chi connectivity index (χ4v) is 2.53. The smallest absolute Gasteiger partial charge is 0.314 e. The number of fused-ring (bicyclic) bond motifs is 1. The molecule has 1 aliphatic heterocycles. The lowest BCUT2D eigenvalue weighted by molar-refractivity contribution is -0.313. The van der Waals surface area contributed by atoms with Crippen LogP contribution in [0.4, 0.5) is 0 Å². The van der Waals surface area contributed by atoms with Crippen LogP contribution in [0.25, 0.3) is 6.08 Å². The first kappa shape index (κ1) is 12.9.